The van der Waals surface area contributed by atoms with Gasteiger partial charge in [0.2, 0.25) is 15.9 Å². The van der Waals surface area contributed by atoms with E-state index in [2.05, 4.69) is 9.97 Å². The summed E-state index contributed by atoms with van der Waals surface area (Å²) in [5.41, 5.74) is 0. The summed E-state index contributed by atoms with van der Waals surface area (Å²) < 4.78 is 58.8. The summed E-state index contributed by atoms with van der Waals surface area (Å²) in [5, 5.41) is 0. The molecule has 0 bridgehead atoms. The number of rotatable bonds is 4. The third-order valence-corrected chi connectivity index (χ3v) is 5.58. The van der Waals surface area contributed by atoms with Crippen molar-refractivity contribution < 1.29 is 21.9 Å². The zero-order valence-corrected chi connectivity index (χ0v) is 13.4. The highest BCUT2D eigenvalue weighted by molar-refractivity contribution is 7.89. The highest BCUT2D eigenvalue weighted by atomic mass is 32.2. The van der Waals surface area contributed by atoms with E-state index in [4.69, 9.17) is 4.74 Å². The van der Waals surface area contributed by atoms with Crippen LogP contribution in [0, 0.1) is 11.6 Å². The van der Waals surface area contributed by atoms with Crippen LogP contribution >= 0.6 is 0 Å². The van der Waals surface area contributed by atoms with E-state index in [1.54, 1.807) is 0 Å². The first-order chi connectivity index (χ1) is 11.5. The van der Waals surface area contributed by atoms with Gasteiger partial charge in [0.25, 0.3) is 0 Å². The van der Waals surface area contributed by atoms with E-state index >= 15 is 0 Å². The molecule has 0 saturated carbocycles. The van der Waals surface area contributed by atoms with Gasteiger partial charge in [-0.15, -0.1) is 0 Å². The summed E-state index contributed by atoms with van der Waals surface area (Å²) in [5.74, 6) is -1.63. The quantitative estimate of drug-likeness (QED) is 0.839. The van der Waals surface area contributed by atoms with Crippen LogP contribution in [0.1, 0.15) is 12.8 Å². The van der Waals surface area contributed by atoms with Crippen molar-refractivity contribution in [3.8, 4) is 5.88 Å². The Kier molecular flexibility index (Phi) is 4.72. The van der Waals surface area contributed by atoms with Gasteiger partial charge in [-0.1, -0.05) is 0 Å². The van der Waals surface area contributed by atoms with Crippen molar-refractivity contribution in [3.63, 3.8) is 0 Å². The number of sulfonamides is 1. The van der Waals surface area contributed by atoms with Gasteiger partial charge in [0, 0.05) is 25.0 Å². The minimum absolute atomic E-state index is 0.0652. The van der Waals surface area contributed by atoms with E-state index in [9.17, 15) is 17.2 Å². The van der Waals surface area contributed by atoms with Gasteiger partial charge in [-0.2, -0.15) is 4.31 Å². The molecule has 2 aromatic rings. The number of hydrogen-bond donors (Lipinski definition) is 0. The molecule has 128 valence electrons. The molecule has 1 saturated heterocycles. The highest BCUT2D eigenvalue weighted by Gasteiger charge is 2.33. The molecule has 2 heterocycles. The van der Waals surface area contributed by atoms with Crippen LogP contribution in [0.5, 0.6) is 5.88 Å². The van der Waals surface area contributed by atoms with Crippen molar-refractivity contribution >= 4 is 10.0 Å². The summed E-state index contributed by atoms with van der Waals surface area (Å²) in [4.78, 5) is 7.33. The number of aromatic nitrogens is 2. The Hall–Kier alpha value is -2.13. The molecule has 1 atom stereocenters. The summed E-state index contributed by atoms with van der Waals surface area (Å²) in [6.45, 7) is 0.315. The van der Waals surface area contributed by atoms with E-state index in [1.165, 1.54) is 18.6 Å². The van der Waals surface area contributed by atoms with Crippen LogP contribution in [-0.2, 0) is 10.0 Å². The van der Waals surface area contributed by atoms with Crippen molar-refractivity contribution in [2.45, 2.75) is 23.8 Å². The number of piperidine rings is 1. The fourth-order valence-corrected chi connectivity index (χ4v) is 4.12. The first kappa shape index (κ1) is 16.7. The second kappa shape index (κ2) is 6.78. The lowest BCUT2D eigenvalue weighted by atomic mass is 10.1. The van der Waals surface area contributed by atoms with Crippen molar-refractivity contribution in [1.29, 1.82) is 0 Å². The van der Waals surface area contributed by atoms with Crippen molar-refractivity contribution in [3.05, 3.63) is 48.4 Å². The lowest BCUT2D eigenvalue weighted by molar-refractivity contribution is 0.124. The molecule has 0 radical (unpaired) electrons. The Morgan fingerprint density at radius 3 is 2.79 bits per heavy atom. The Balaban J connectivity index is 1.78. The molecule has 1 unspecified atom stereocenters. The fraction of sp³-hybridized carbons (Fsp3) is 0.333. The van der Waals surface area contributed by atoms with Gasteiger partial charge < -0.3 is 4.74 Å². The van der Waals surface area contributed by atoms with Crippen LogP contribution in [0.4, 0.5) is 8.78 Å². The second-order valence-corrected chi connectivity index (χ2v) is 7.27. The number of benzene rings is 1. The van der Waals surface area contributed by atoms with Gasteiger partial charge in [-0.25, -0.2) is 22.2 Å². The van der Waals surface area contributed by atoms with Crippen LogP contribution in [0.25, 0.3) is 0 Å². The lowest BCUT2D eigenvalue weighted by Crippen LogP contribution is -2.44. The smallest absolute Gasteiger partial charge is 0.246 e. The topological polar surface area (TPSA) is 72.4 Å². The first-order valence-electron chi connectivity index (χ1n) is 7.35. The minimum Gasteiger partial charge on any atom is -0.472 e. The predicted octanol–water partition coefficient (Wildman–Crippen LogP) is 1.99. The molecule has 1 fully saturated rings. The van der Waals surface area contributed by atoms with Gasteiger partial charge in [-0.05, 0) is 25.0 Å². The Morgan fingerprint density at radius 1 is 1.25 bits per heavy atom. The Bertz CT molecular complexity index is 818. The van der Waals surface area contributed by atoms with Gasteiger partial charge in [-0.3, -0.25) is 4.98 Å². The minimum atomic E-state index is -4.06. The second-order valence-electron chi connectivity index (χ2n) is 5.36. The maximum Gasteiger partial charge on any atom is 0.246 e. The summed E-state index contributed by atoms with van der Waals surface area (Å²) in [6, 6.07) is 2.42. The monoisotopic (exact) mass is 355 g/mol. The number of nitrogens with zero attached hydrogens (tertiary/aromatic N) is 3. The van der Waals surface area contributed by atoms with E-state index in [1.807, 2.05) is 0 Å². The third kappa shape index (κ3) is 3.51. The number of ether oxygens (including phenoxy) is 1. The normalized spacial score (nSPS) is 19.2. The standard InChI is InChI=1S/C15H15F2N3O3S/c16-11-3-4-14(13(17)8-11)24(21,22)20-7-1-2-12(10-20)23-15-9-18-5-6-19-15/h3-6,8-9,12H,1-2,7,10H2. The zero-order valence-electron chi connectivity index (χ0n) is 12.6. The SMILES string of the molecule is O=S(=O)(c1ccc(F)cc1F)N1CCCC(Oc2cnccn2)C1. The molecule has 1 aromatic carbocycles. The van der Waals surface area contributed by atoms with Gasteiger partial charge in [0.15, 0.2) is 0 Å². The molecule has 1 aromatic heterocycles. The lowest BCUT2D eigenvalue weighted by Gasteiger charge is -2.31. The maximum atomic E-state index is 13.8. The molecule has 0 spiro atoms. The van der Waals surface area contributed by atoms with Gasteiger partial charge in [0.05, 0.1) is 12.7 Å². The summed E-state index contributed by atoms with van der Waals surface area (Å²) in [7, 11) is -4.06. The molecule has 3 rings (SSSR count). The van der Waals surface area contributed by atoms with Crippen molar-refractivity contribution in [2.24, 2.45) is 0 Å². The van der Waals surface area contributed by atoms with Crippen LogP contribution in [-0.4, -0.2) is 41.9 Å². The number of hydrogen-bond acceptors (Lipinski definition) is 5. The molecule has 0 N–H and O–H groups in total. The predicted molar refractivity (Wildman–Crippen MR) is 80.8 cm³/mol. The van der Waals surface area contributed by atoms with Crippen LogP contribution in [0.2, 0.25) is 0 Å². The molecule has 6 nitrogen and oxygen atoms in total. The summed E-state index contributed by atoms with van der Waals surface area (Å²) in [6.07, 6.45) is 5.21. The molecule has 1 aliphatic rings. The molecule has 24 heavy (non-hydrogen) atoms. The van der Waals surface area contributed by atoms with E-state index in [0.29, 0.717) is 24.8 Å². The molecular formula is C15H15F2N3O3S. The van der Waals surface area contributed by atoms with E-state index < -0.39 is 32.7 Å². The molecule has 0 aliphatic carbocycles. The molecular weight excluding hydrogens is 340 g/mol. The highest BCUT2D eigenvalue weighted by Crippen LogP contribution is 2.25. The average Bonchev–Trinajstić information content (AvgIpc) is 2.56. The molecule has 0 amide bonds. The molecule has 9 heteroatoms. The number of halogens is 2. The van der Waals surface area contributed by atoms with Crippen LogP contribution in [0.3, 0.4) is 0 Å². The Morgan fingerprint density at radius 2 is 2.08 bits per heavy atom. The first-order valence-corrected chi connectivity index (χ1v) is 8.79. The fourth-order valence-electron chi connectivity index (χ4n) is 2.56. The largest absolute Gasteiger partial charge is 0.472 e. The van der Waals surface area contributed by atoms with E-state index in [-0.39, 0.29) is 13.1 Å². The van der Waals surface area contributed by atoms with Crippen LogP contribution in [0.15, 0.2) is 41.7 Å². The summed E-state index contributed by atoms with van der Waals surface area (Å²) >= 11 is 0. The average molecular weight is 355 g/mol. The van der Waals surface area contributed by atoms with Crippen molar-refractivity contribution in [2.75, 3.05) is 13.1 Å². The van der Waals surface area contributed by atoms with E-state index in [0.717, 1.165) is 16.4 Å². The molecule has 1 aliphatic heterocycles. The third-order valence-electron chi connectivity index (χ3n) is 3.68. The van der Waals surface area contributed by atoms with Gasteiger partial charge >= 0.3 is 0 Å². The van der Waals surface area contributed by atoms with Crippen molar-refractivity contribution in [1.82, 2.24) is 14.3 Å². The maximum absolute atomic E-state index is 13.8. The van der Waals surface area contributed by atoms with Crippen LogP contribution < -0.4 is 4.74 Å². The Labute approximate surface area is 138 Å². The van der Waals surface area contributed by atoms with Gasteiger partial charge in [0.1, 0.15) is 22.6 Å². The zero-order chi connectivity index (χ0) is 17.2.